The van der Waals surface area contributed by atoms with E-state index in [1.54, 1.807) is 13.1 Å². The number of thioether (sulfide) groups is 1. The maximum Gasteiger partial charge on any atom is 0.341 e. The number of anilines is 1. The summed E-state index contributed by atoms with van der Waals surface area (Å²) in [6.45, 7) is 6.00. The van der Waals surface area contributed by atoms with Crippen LogP contribution in [0, 0.1) is 13.8 Å². The van der Waals surface area contributed by atoms with Crippen LogP contribution >= 0.6 is 23.1 Å². The van der Waals surface area contributed by atoms with Crippen molar-refractivity contribution in [2.24, 2.45) is 7.05 Å². The first-order valence-corrected chi connectivity index (χ1v) is 11.0. The van der Waals surface area contributed by atoms with Crippen LogP contribution in [0.5, 0.6) is 0 Å². The van der Waals surface area contributed by atoms with Gasteiger partial charge in [0.1, 0.15) is 10.6 Å². The van der Waals surface area contributed by atoms with Crippen LogP contribution in [0.2, 0.25) is 0 Å². The van der Waals surface area contributed by atoms with Crippen LogP contribution in [0.4, 0.5) is 5.00 Å². The highest BCUT2D eigenvalue weighted by molar-refractivity contribution is 7.99. The van der Waals surface area contributed by atoms with E-state index < -0.39 is 5.97 Å². The van der Waals surface area contributed by atoms with Crippen molar-refractivity contribution >= 4 is 40.0 Å². The molecular weight excluding hydrogens is 406 g/mol. The highest BCUT2D eigenvalue weighted by atomic mass is 32.2. The van der Waals surface area contributed by atoms with E-state index >= 15 is 0 Å². The number of rotatable bonds is 7. The van der Waals surface area contributed by atoms with Gasteiger partial charge < -0.3 is 14.6 Å². The van der Waals surface area contributed by atoms with Crippen molar-refractivity contribution in [2.45, 2.75) is 25.9 Å². The first-order chi connectivity index (χ1) is 13.9. The van der Waals surface area contributed by atoms with E-state index in [9.17, 15) is 9.59 Å². The summed E-state index contributed by atoms with van der Waals surface area (Å²) in [6.07, 6.45) is 3.52. The predicted octanol–water partition coefficient (Wildman–Crippen LogP) is 4.67. The molecule has 0 spiro atoms. The number of hydrogen-bond donors (Lipinski definition) is 1. The van der Waals surface area contributed by atoms with Crippen molar-refractivity contribution in [1.29, 1.82) is 0 Å². The summed E-state index contributed by atoms with van der Waals surface area (Å²) in [7, 11) is 1.88. The van der Waals surface area contributed by atoms with Crippen molar-refractivity contribution in [3.63, 3.8) is 0 Å². The molecule has 29 heavy (non-hydrogen) atoms. The fourth-order valence-corrected chi connectivity index (χ4v) is 4.70. The molecule has 0 aliphatic heterocycles. The molecule has 2 heterocycles. The number of carbonyl (C=O) groups is 2. The molecule has 0 fully saturated rings. The zero-order valence-electron chi connectivity index (χ0n) is 16.8. The predicted molar refractivity (Wildman–Crippen MR) is 118 cm³/mol. The standard InChI is InChI=1S/C21H23N3O3S2/c1-5-27-20(26)18-17(15-8-6-13(2)7-9-15)14(3)29-19(18)23-16(25)12-28-21-22-10-11-24(21)4/h6-11H,5,12H2,1-4H3,(H,23,25). The Labute approximate surface area is 178 Å². The van der Waals surface area contributed by atoms with E-state index in [-0.39, 0.29) is 18.3 Å². The fraction of sp³-hybridized carbons (Fsp3) is 0.286. The van der Waals surface area contributed by atoms with Gasteiger partial charge in [0.05, 0.1) is 12.4 Å². The Morgan fingerprint density at radius 2 is 1.97 bits per heavy atom. The van der Waals surface area contributed by atoms with Crippen LogP contribution in [0.25, 0.3) is 11.1 Å². The van der Waals surface area contributed by atoms with Gasteiger partial charge in [-0.1, -0.05) is 41.6 Å². The summed E-state index contributed by atoms with van der Waals surface area (Å²) in [5.74, 6) is -0.427. The molecule has 0 saturated heterocycles. The SMILES string of the molecule is CCOC(=O)c1c(NC(=O)CSc2nccn2C)sc(C)c1-c1ccc(C)cc1. The van der Waals surface area contributed by atoms with Crippen molar-refractivity contribution in [3.05, 3.63) is 52.7 Å². The Bertz CT molecular complexity index is 1020. The van der Waals surface area contributed by atoms with Crippen molar-refractivity contribution < 1.29 is 14.3 Å². The van der Waals surface area contributed by atoms with Gasteiger partial charge in [0, 0.05) is 29.9 Å². The Morgan fingerprint density at radius 3 is 2.59 bits per heavy atom. The second kappa shape index (κ2) is 9.28. The van der Waals surface area contributed by atoms with E-state index in [0.29, 0.717) is 10.6 Å². The van der Waals surface area contributed by atoms with Crippen LogP contribution in [0.1, 0.15) is 27.7 Å². The minimum atomic E-state index is -0.431. The maximum atomic E-state index is 12.7. The number of benzene rings is 1. The number of esters is 1. The topological polar surface area (TPSA) is 73.2 Å². The van der Waals surface area contributed by atoms with Gasteiger partial charge in [-0.2, -0.15) is 0 Å². The van der Waals surface area contributed by atoms with Crippen LogP contribution < -0.4 is 5.32 Å². The highest BCUT2D eigenvalue weighted by Crippen LogP contribution is 2.40. The normalized spacial score (nSPS) is 10.8. The maximum absolute atomic E-state index is 12.7. The second-order valence-electron chi connectivity index (χ2n) is 6.48. The number of ether oxygens (including phenoxy) is 1. The van der Waals surface area contributed by atoms with E-state index in [2.05, 4.69) is 10.3 Å². The first-order valence-electron chi connectivity index (χ1n) is 9.18. The molecule has 3 aromatic rings. The number of nitrogens with zero attached hydrogens (tertiary/aromatic N) is 2. The second-order valence-corrected chi connectivity index (χ2v) is 8.65. The largest absolute Gasteiger partial charge is 0.462 e. The highest BCUT2D eigenvalue weighted by Gasteiger charge is 2.25. The van der Waals surface area contributed by atoms with Crippen molar-refractivity contribution in [1.82, 2.24) is 9.55 Å². The minimum absolute atomic E-state index is 0.194. The average molecular weight is 430 g/mol. The third-order valence-electron chi connectivity index (χ3n) is 4.27. The number of imidazole rings is 1. The smallest absolute Gasteiger partial charge is 0.341 e. The van der Waals surface area contributed by atoms with Gasteiger partial charge in [0.2, 0.25) is 5.91 Å². The summed E-state index contributed by atoms with van der Waals surface area (Å²) in [5, 5.41) is 4.17. The fourth-order valence-electron chi connectivity index (χ4n) is 2.88. The van der Waals surface area contributed by atoms with E-state index in [4.69, 9.17) is 4.74 Å². The number of aryl methyl sites for hydroxylation is 3. The molecule has 1 N–H and O–H groups in total. The number of hydrogen-bond acceptors (Lipinski definition) is 6. The zero-order chi connectivity index (χ0) is 21.0. The third-order valence-corrected chi connectivity index (χ3v) is 6.35. The quantitative estimate of drug-likeness (QED) is 0.436. The summed E-state index contributed by atoms with van der Waals surface area (Å²) < 4.78 is 7.14. The zero-order valence-corrected chi connectivity index (χ0v) is 18.4. The molecule has 0 unspecified atom stereocenters. The lowest BCUT2D eigenvalue weighted by molar-refractivity contribution is -0.113. The van der Waals surface area contributed by atoms with Gasteiger partial charge in [0.15, 0.2) is 5.16 Å². The van der Waals surface area contributed by atoms with E-state index in [0.717, 1.165) is 26.7 Å². The molecule has 0 radical (unpaired) electrons. The molecule has 0 aliphatic rings. The van der Waals surface area contributed by atoms with Gasteiger partial charge in [-0.05, 0) is 26.3 Å². The number of carbonyl (C=O) groups excluding carboxylic acids is 2. The van der Waals surface area contributed by atoms with Crippen LogP contribution in [-0.2, 0) is 16.6 Å². The molecule has 3 rings (SSSR count). The monoisotopic (exact) mass is 429 g/mol. The molecule has 0 saturated carbocycles. The molecule has 8 heteroatoms. The Hall–Kier alpha value is -2.58. The third kappa shape index (κ3) is 4.89. The van der Waals surface area contributed by atoms with E-state index in [1.165, 1.54) is 23.1 Å². The molecule has 1 aromatic carbocycles. The summed E-state index contributed by atoms with van der Waals surface area (Å²) in [4.78, 5) is 30.4. The molecular formula is C21H23N3O3S2. The molecule has 0 aliphatic carbocycles. The number of amides is 1. The molecule has 1 amide bonds. The molecule has 0 bridgehead atoms. The molecule has 2 aromatic heterocycles. The van der Waals surface area contributed by atoms with Crippen LogP contribution in [0.3, 0.4) is 0 Å². The average Bonchev–Trinajstić information content (AvgIpc) is 3.23. The molecule has 6 nitrogen and oxygen atoms in total. The van der Waals surface area contributed by atoms with Gasteiger partial charge in [-0.15, -0.1) is 11.3 Å². The van der Waals surface area contributed by atoms with Gasteiger partial charge in [0.25, 0.3) is 0 Å². The van der Waals surface area contributed by atoms with E-state index in [1.807, 2.05) is 55.9 Å². The van der Waals surface area contributed by atoms with Gasteiger partial charge in [-0.25, -0.2) is 9.78 Å². The number of nitrogens with one attached hydrogen (secondary N) is 1. The lowest BCUT2D eigenvalue weighted by Crippen LogP contribution is -2.16. The van der Waals surface area contributed by atoms with Crippen molar-refractivity contribution in [3.8, 4) is 11.1 Å². The summed E-state index contributed by atoms with van der Waals surface area (Å²) in [5.41, 5.74) is 3.28. The van der Waals surface area contributed by atoms with Crippen LogP contribution in [-0.4, -0.2) is 33.8 Å². The minimum Gasteiger partial charge on any atom is -0.462 e. The van der Waals surface area contributed by atoms with Gasteiger partial charge in [-0.3, -0.25) is 4.79 Å². The number of thiophene rings is 1. The molecule has 0 atom stereocenters. The number of aromatic nitrogens is 2. The lowest BCUT2D eigenvalue weighted by Gasteiger charge is -2.09. The summed E-state index contributed by atoms with van der Waals surface area (Å²) >= 11 is 2.73. The summed E-state index contributed by atoms with van der Waals surface area (Å²) in [6, 6.07) is 7.97. The molecule has 152 valence electrons. The lowest BCUT2D eigenvalue weighted by atomic mass is 10.0. The van der Waals surface area contributed by atoms with Gasteiger partial charge >= 0.3 is 5.97 Å². The van der Waals surface area contributed by atoms with Crippen LogP contribution in [0.15, 0.2) is 41.8 Å². The van der Waals surface area contributed by atoms with Crippen molar-refractivity contribution in [2.75, 3.05) is 17.7 Å². The first kappa shape index (κ1) is 21.1. The Balaban J connectivity index is 1.88. The Kier molecular flexibility index (Phi) is 6.76. The Morgan fingerprint density at radius 1 is 1.24 bits per heavy atom.